The average Bonchev–Trinajstić information content (AvgIpc) is 2.68. The second-order valence-corrected chi connectivity index (χ2v) is 6.70. The summed E-state index contributed by atoms with van der Waals surface area (Å²) < 4.78 is 0. The smallest absolute Gasteiger partial charge is 0.253 e. The highest BCUT2D eigenvalue weighted by molar-refractivity contribution is 5.94. The fourth-order valence-corrected chi connectivity index (χ4v) is 3.04. The van der Waals surface area contributed by atoms with E-state index in [9.17, 15) is 9.59 Å². The highest BCUT2D eigenvalue weighted by Crippen LogP contribution is 2.08. The molecule has 1 fully saturated rings. The molecular weight excluding hydrogens is 326 g/mol. The SMILES string of the molecule is Cc1ccc(CNC(=O)CN2CCN(C(=O)c3ccccc3)CC2)cc1. The first kappa shape index (κ1) is 18.1. The molecule has 1 N–H and O–H groups in total. The molecule has 1 heterocycles. The van der Waals surface area contributed by atoms with Crippen molar-refractivity contribution in [1.82, 2.24) is 15.1 Å². The summed E-state index contributed by atoms with van der Waals surface area (Å²) in [5.41, 5.74) is 3.03. The van der Waals surface area contributed by atoms with Crippen LogP contribution in [0.4, 0.5) is 0 Å². The molecule has 0 saturated carbocycles. The second kappa shape index (κ2) is 8.63. The summed E-state index contributed by atoms with van der Waals surface area (Å²) in [4.78, 5) is 28.5. The van der Waals surface area contributed by atoms with Gasteiger partial charge in [-0.15, -0.1) is 0 Å². The van der Waals surface area contributed by atoms with Gasteiger partial charge in [0.25, 0.3) is 5.91 Å². The van der Waals surface area contributed by atoms with Crippen molar-refractivity contribution in [3.05, 3.63) is 71.3 Å². The molecular formula is C21H25N3O2. The maximum Gasteiger partial charge on any atom is 0.253 e. The number of hydrogen-bond donors (Lipinski definition) is 1. The van der Waals surface area contributed by atoms with Crippen molar-refractivity contribution in [2.45, 2.75) is 13.5 Å². The number of benzene rings is 2. The Labute approximate surface area is 154 Å². The van der Waals surface area contributed by atoms with Crippen LogP contribution in [-0.2, 0) is 11.3 Å². The summed E-state index contributed by atoms with van der Waals surface area (Å²) >= 11 is 0. The van der Waals surface area contributed by atoms with Crippen LogP contribution in [0.2, 0.25) is 0 Å². The van der Waals surface area contributed by atoms with Gasteiger partial charge in [0.1, 0.15) is 0 Å². The quantitative estimate of drug-likeness (QED) is 0.897. The normalized spacial score (nSPS) is 14.9. The lowest BCUT2D eigenvalue weighted by Gasteiger charge is -2.34. The van der Waals surface area contributed by atoms with E-state index in [0.29, 0.717) is 26.2 Å². The molecule has 0 unspecified atom stereocenters. The number of carbonyl (C=O) groups excluding carboxylic acids is 2. The van der Waals surface area contributed by atoms with Gasteiger partial charge >= 0.3 is 0 Å². The third-order valence-electron chi connectivity index (χ3n) is 4.66. The Morgan fingerprint density at radius 3 is 2.23 bits per heavy atom. The van der Waals surface area contributed by atoms with Crippen LogP contribution >= 0.6 is 0 Å². The summed E-state index contributed by atoms with van der Waals surface area (Å²) in [6.45, 7) is 5.71. The molecule has 0 aromatic heterocycles. The number of carbonyl (C=O) groups is 2. The molecule has 0 atom stereocenters. The van der Waals surface area contributed by atoms with Crippen LogP contribution in [-0.4, -0.2) is 54.3 Å². The van der Waals surface area contributed by atoms with E-state index < -0.39 is 0 Å². The van der Waals surface area contributed by atoms with E-state index in [0.717, 1.165) is 24.2 Å². The van der Waals surface area contributed by atoms with Gasteiger partial charge in [-0.05, 0) is 24.6 Å². The van der Waals surface area contributed by atoms with E-state index in [4.69, 9.17) is 0 Å². The third kappa shape index (κ3) is 4.92. The van der Waals surface area contributed by atoms with Gasteiger partial charge in [0.2, 0.25) is 5.91 Å². The molecule has 2 aromatic rings. The van der Waals surface area contributed by atoms with Gasteiger partial charge < -0.3 is 10.2 Å². The van der Waals surface area contributed by atoms with Gasteiger partial charge in [-0.3, -0.25) is 14.5 Å². The Morgan fingerprint density at radius 2 is 1.58 bits per heavy atom. The highest BCUT2D eigenvalue weighted by Gasteiger charge is 2.23. The Balaban J connectivity index is 1.41. The van der Waals surface area contributed by atoms with Crippen molar-refractivity contribution in [3.8, 4) is 0 Å². The summed E-state index contributed by atoms with van der Waals surface area (Å²) in [6.07, 6.45) is 0. The average molecular weight is 351 g/mol. The summed E-state index contributed by atoms with van der Waals surface area (Å²) in [6, 6.07) is 17.5. The number of hydrogen-bond acceptors (Lipinski definition) is 3. The predicted molar refractivity (Wildman–Crippen MR) is 102 cm³/mol. The molecule has 0 aliphatic carbocycles. The first-order valence-electron chi connectivity index (χ1n) is 9.01. The van der Waals surface area contributed by atoms with Gasteiger partial charge in [-0.25, -0.2) is 0 Å². The predicted octanol–water partition coefficient (Wildman–Crippen LogP) is 2.07. The van der Waals surface area contributed by atoms with Gasteiger partial charge in [0.15, 0.2) is 0 Å². The minimum Gasteiger partial charge on any atom is -0.351 e. The molecule has 3 rings (SSSR count). The van der Waals surface area contributed by atoms with E-state index in [2.05, 4.69) is 10.2 Å². The maximum absolute atomic E-state index is 12.4. The molecule has 136 valence electrons. The number of amides is 2. The Morgan fingerprint density at radius 1 is 0.923 bits per heavy atom. The lowest BCUT2D eigenvalue weighted by molar-refractivity contribution is -0.122. The van der Waals surface area contributed by atoms with Gasteiger partial charge in [-0.2, -0.15) is 0 Å². The number of nitrogens with one attached hydrogen (secondary N) is 1. The Bertz CT molecular complexity index is 736. The summed E-state index contributed by atoms with van der Waals surface area (Å²) in [5, 5.41) is 2.96. The monoisotopic (exact) mass is 351 g/mol. The van der Waals surface area contributed by atoms with E-state index in [1.807, 2.05) is 66.4 Å². The van der Waals surface area contributed by atoms with Crippen LogP contribution in [0.1, 0.15) is 21.5 Å². The lowest BCUT2D eigenvalue weighted by atomic mass is 10.1. The lowest BCUT2D eigenvalue weighted by Crippen LogP contribution is -2.51. The molecule has 1 aliphatic rings. The molecule has 2 amide bonds. The molecule has 5 nitrogen and oxygen atoms in total. The topological polar surface area (TPSA) is 52.7 Å². The zero-order valence-electron chi connectivity index (χ0n) is 15.1. The minimum absolute atomic E-state index is 0.0217. The molecule has 0 spiro atoms. The van der Waals surface area contributed by atoms with E-state index >= 15 is 0 Å². The molecule has 1 saturated heterocycles. The number of rotatable bonds is 5. The molecule has 5 heteroatoms. The molecule has 2 aromatic carbocycles. The Hall–Kier alpha value is -2.66. The van der Waals surface area contributed by atoms with Crippen LogP contribution in [0.25, 0.3) is 0 Å². The van der Waals surface area contributed by atoms with Crippen molar-refractivity contribution < 1.29 is 9.59 Å². The minimum atomic E-state index is 0.0217. The second-order valence-electron chi connectivity index (χ2n) is 6.70. The molecule has 26 heavy (non-hydrogen) atoms. The van der Waals surface area contributed by atoms with Crippen molar-refractivity contribution in [2.24, 2.45) is 0 Å². The largest absolute Gasteiger partial charge is 0.351 e. The fraction of sp³-hybridized carbons (Fsp3) is 0.333. The first-order valence-corrected chi connectivity index (χ1v) is 9.01. The van der Waals surface area contributed by atoms with Gasteiger partial charge in [0.05, 0.1) is 6.54 Å². The van der Waals surface area contributed by atoms with Crippen LogP contribution in [0, 0.1) is 6.92 Å². The van der Waals surface area contributed by atoms with Crippen molar-refractivity contribution in [3.63, 3.8) is 0 Å². The molecule has 1 aliphatic heterocycles. The number of piperazine rings is 1. The van der Waals surface area contributed by atoms with Gasteiger partial charge in [0, 0.05) is 38.3 Å². The zero-order valence-corrected chi connectivity index (χ0v) is 15.1. The van der Waals surface area contributed by atoms with Crippen LogP contribution < -0.4 is 5.32 Å². The summed E-state index contributed by atoms with van der Waals surface area (Å²) in [7, 11) is 0. The van der Waals surface area contributed by atoms with Crippen molar-refractivity contribution in [2.75, 3.05) is 32.7 Å². The Kier molecular flexibility index (Phi) is 6.02. The van der Waals surface area contributed by atoms with Crippen LogP contribution in [0.5, 0.6) is 0 Å². The van der Waals surface area contributed by atoms with Crippen molar-refractivity contribution >= 4 is 11.8 Å². The fourth-order valence-electron chi connectivity index (χ4n) is 3.04. The maximum atomic E-state index is 12.4. The highest BCUT2D eigenvalue weighted by atomic mass is 16.2. The molecule has 0 bridgehead atoms. The van der Waals surface area contributed by atoms with Crippen LogP contribution in [0.15, 0.2) is 54.6 Å². The van der Waals surface area contributed by atoms with E-state index in [1.165, 1.54) is 5.56 Å². The third-order valence-corrected chi connectivity index (χ3v) is 4.66. The number of aryl methyl sites for hydroxylation is 1. The zero-order chi connectivity index (χ0) is 18.4. The first-order chi connectivity index (χ1) is 12.6. The van der Waals surface area contributed by atoms with Crippen LogP contribution in [0.3, 0.4) is 0 Å². The van der Waals surface area contributed by atoms with Crippen molar-refractivity contribution in [1.29, 1.82) is 0 Å². The molecule has 0 radical (unpaired) electrons. The van der Waals surface area contributed by atoms with E-state index in [1.54, 1.807) is 0 Å². The van der Waals surface area contributed by atoms with Gasteiger partial charge in [-0.1, -0.05) is 48.0 Å². The number of nitrogens with zero attached hydrogens (tertiary/aromatic N) is 2. The van der Waals surface area contributed by atoms with E-state index in [-0.39, 0.29) is 11.8 Å². The standard InChI is InChI=1S/C21H25N3O2/c1-17-7-9-18(10-8-17)15-22-20(25)16-23-11-13-24(14-12-23)21(26)19-5-3-2-4-6-19/h2-10H,11-16H2,1H3,(H,22,25). The summed E-state index contributed by atoms with van der Waals surface area (Å²) in [5.74, 6) is 0.0856.